The van der Waals surface area contributed by atoms with Crippen molar-refractivity contribution < 1.29 is 4.57 Å². The third-order valence-electron chi connectivity index (χ3n) is 10.8. The van der Waals surface area contributed by atoms with Gasteiger partial charge in [-0.05, 0) is 71.8 Å². The highest BCUT2D eigenvalue weighted by Crippen LogP contribution is 2.55. The summed E-state index contributed by atoms with van der Waals surface area (Å²) >= 11 is 1.84. The molecule has 1 aliphatic rings. The summed E-state index contributed by atoms with van der Waals surface area (Å²) < 4.78 is 20.8. The lowest BCUT2D eigenvalue weighted by Crippen LogP contribution is -2.22. The lowest BCUT2D eigenvalue weighted by molar-refractivity contribution is 0.593. The van der Waals surface area contributed by atoms with Gasteiger partial charge >= 0.3 is 0 Å². The van der Waals surface area contributed by atoms with Gasteiger partial charge in [0.25, 0.3) is 0 Å². The normalized spacial score (nSPS) is 14.9. The average molecular weight is 715 g/mol. The third-order valence-corrected chi connectivity index (χ3v) is 15.1. The highest BCUT2D eigenvalue weighted by molar-refractivity contribution is 7.86. The molecule has 0 amide bonds. The molecule has 1 atom stereocenters. The van der Waals surface area contributed by atoms with E-state index in [-0.39, 0.29) is 0 Å². The Bertz CT molecular complexity index is 3090. The molecule has 0 spiro atoms. The Morgan fingerprint density at radius 1 is 0.472 bits per heavy atom. The number of fused-ring (bicyclic) bond motifs is 10. The fourth-order valence-electron chi connectivity index (χ4n) is 8.48. The minimum atomic E-state index is -3.22. The highest BCUT2D eigenvalue weighted by atomic mass is 32.1. The van der Waals surface area contributed by atoms with Gasteiger partial charge in [0.1, 0.15) is 0 Å². The first-order valence-electron chi connectivity index (χ1n) is 17.9. The van der Waals surface area contributed by atoms with Crippen molar-refractivity contribution in [3.05, 3.63) is 188 Å². The molecule has 1 aliphatic heterocycles. The minimum absolute atomic E-state index is 0.861. The number of anilines is 3. The number of para-hydroxylation sites is 2. The molecule has 0 bridgehead atoms. The molecule has 5 heteroatoms. The molecule has 0 saturated heterocycles. The van der Waals surface area contributed by atoms with Crippen molar-refractivity contribution in [2.24, 2.45) is 0 Å². The second-order valence-corrected chi connectivity index (χ2v) is 17.4. The number of hydrogen-bond acceptors (Lipinski definition) is 3. The van der Waals surface area contributed by atoms with E-state index in [0.29, 0.717) is 0 Å². The second-order valence-electron chi connectivity index (χ2n) is 13.6. The van der Waals surface area contributed by atoms with Gasteiger partial charge in [-0.2, -0.15) is 0 Å². The summed E-state index contributed by atoms with van der Waals surface area (Å²) in [7, 11) is -3.22. The molecule has 2 aromatic heterocycles. The van der Waals surface area contributed by atoms with Crippen LogP contribution in [0.3, 0.4) is 0 Å². The van der Waals surface area contributed by atoms with Crippen LogP contribution in [-0.2, 0) is 4.57 Å². The van der Waals surface area contributed by atoms with Crippen LogP contribution >= 0.6 is 18.5 Å². The van der Waals surface area contributed by atoms with Gasteiger partial charge in [-0.3, -0.25) is 0 Å². The first kappa shape index (κ1) is 30.4. The molecule has 250 valence electrons. The van der Waals surface area contributed by atoms with E-state index in [1.54, 1.807) is 0 Å². The van der Waals surface area contributed by atoms with Crippen LogP contribution in [0.25, 0.3) is 58.8 Å². The van der Waals surface area contributed by atoms with Crippen molar-refractivity contribution in [1.29, 1.82) is 0 Å². The van der Waals surface area contributed by atoms with Crippen molar-refractivity contribution >= 4 is 93.4 Å². The predicted octanol–water partition coefficient (Wildman–Crippen LogP) is 12.2. The quantitative estimate of drug-likeness (QED) is 0.166. The highest BCUT2D eigenvalue weighted by Gasteiger charge is 2.42. The molecule has 10 aromatic rings. The van der Waals surface area contributed by atoms with Gasteiger partial charge in [-0.25, -0.2) is 0 Å². The average Bonchev–Trinajstić information content (AvgIpc) is 3.85. The van der Waals surface area contributed by atoms with E-state index in [0.717, 1.165) is 71.6 Å². The Labute approximate surface area is 311 Å². The summed E-state index contributed by atoms with van der Waals surface area (Å²) in [6.07, 6.45) is 0. The molecule has 0 fully saturated rings. The Morgan fingerprint density at radius 3 is 1.92 bits per heavy atom. The zero-order valence-electron chi connectivity index (χ0n) is 28.6. The Hall–Kier alpha value is -6.19. The van der Waals surface area contributed by atoms with Crippen molar-refractivity contribution in [2.45, 2.75) is 0 Å². The fourth-order valence-corrected chi connectivity index (χ4v) is 12.9. The van der Waals surface area contributed by atoms with Crippen LogP contribution < -0.4 is 20.8 Å². The number of thiophene rings is 1. The van der Waals surface area contributed by atoms with Gasteiger partial charge < -0.3 is 14.0 Å². The van der Waals surface area contributed by atoms with Crippen LogP contribution in [-0.4, -0.2) is 4.57 Å². The van der Waals surface area contributed by atoms with Crippen molar-refractivity contribution in [3.8, 4) is 16.8 Å². The minimum Gasteiger partial charge on any atom is -0.310 e. The molecule has 53 heavy (non-hydrogen) atoms. The standard InChI is InChI=1S/C48H31N2OPS/c51-52(36-15-5-2-6-16-36)44-21-11-8-18-38(44)42-30-29-41-37-17-7-10-20-43(37)50(47(41)48(42)52)34-25-23-33(24-26-34)49(32-13-3-1-4-14-32)35-27-28-40-39-19-9-12-22-45(39)53-46(40)31-35/h1-31H. The molecule has 1 unspecified atom stereocenters. The summed E-state index contributed by atoms with van der Waals surface area (Å²) in [4.78, 5) is 2.33. The fraction of sp³-hybridized carbons (Fsp3) is 0. The van der Waals surface area contributed by atoms with Crippen molar-refractivity contribution in [1.82, 2.24) is 4.57 Å². The van der Waals surface area contributed by atoms with Gasteiger partial charge in [0.05, 0.1) is 16.3 Å². The number of rotatable bonds is 5. The number of aromatic nitrogens is 1. The van der Waals surface area contributed by atoms with E-state index < -0.39 is 7.14 Å². The van der Waals surface area contributed by atoms with Gasteiger partial charge in [0, 0.05) is 64.3 Å². The van der Waals surface area contributed by atoms with Crippen LogP contribution in [0.2, 0.25) is 0 Å². The molecule has 3 heterocycles. The van der Waals surface area contributed by atoms with Crippen molar-refractivity contribution in [3.63, 3.8) is 0 Å². The Balaban J connectivity index is 1.13. The SMILES string of the molecule is O=P1(c2ccccc2)c2ccccc2-c2ccc3c4ccccc4n(-c4ccc(N(c5ccccc5)c5ccc6c(c5)sc5ccccc56)cc4)c3c21. The monoisotopic (exact) mass is 714 g/mol. The topological polar surface area (TPSA) is 25.2 Å². The summed E-state index contributed by atoms with van der Waals surface area (Å²) in [6, 6.07) is 66.2. The first-order valence-corrected chi connectivity index (χ1v) is 20.4. The van der Waals surface area contributed by atoms with E-state index >= 15 is 4.57 Å². The molecule has 0 saturated carbocycles. The largest absolute Gasteiger partial charge is 0.310 e. The summed E-state index contributed by atoms with van der Waals surface area (Å²) in [6.45, 7) is 0. The van der Waals surface area contributed by atoms with Gasteiger partial charge in [-0.15, -0.1) is 11.3 Å². The molecular weight excluding hydrogens is 684 g/mol. The van der Waals surface area contributed by atoms with Crippen LogP contribution in [0, 0.1) is 0 Å². The molecular formula is C48H31N2OPS. The maximum absolute atomic E-state index is 15.9. The maximum atomic E-state index is 15.9. The maximum Gasteiger partial charge on any atom is 0.174 e. The van der Waals surface area contributed by atoms with Gasteiger partial charge in [0.15, 0.2) is 7.14 Å². The predicted molar refractivity (Wildman–Crippen MR) is 227 cm³/mol. The Kier molecular flexibility index (Phi) is 6.70. The summed E-state index contributed by atoms with van der Waals surface area (Å²) in [5.41, 5.74) is 8.50. The molecule has 0 N–H and O–H groups in total. The van der Waals surface area contributed by atoms with Gasteiger partial charge in [-0.1, -0.05) is 127 Å². The summed E-state index contributed by atoms with van der Waals surface area (Å²) in [5, 5.41) is 7.53. The number of hydrogen-bond donors (Lipinski definition) is 0. The molecule has 11 rings (SSSR count). The van der Waals surface area contributed by atoms with E-state index in [9.17, 15) is 0 Å². The first-order chi connectivity index (χ1) is 26.2. The van der Waals surface area contributed by atoms with E-state index in [4.69, 9.17) is 0 Å². The van der Waals surface area contributed by atoms with Crippen LogP contribution in [0.5, 0.6) is 0 Å². The second kappa shape index (κ2) is 11.7. The van der Waals surface area contributed by atoms with E-state index in [2.05, 4.69) is 161 Å². The lowest BCUT2D eigenvalue weighted by atomic mass is 10.0. The van der Waals surface area contributed by atoms with E-state index in [1.807, 2.05) is 47.7 Å². The molecule has 8 aromatic carbocycles. The van der Waals surface area contributed by atoms with E-state index in [1.165, 1.54) is 20.2 Å². The molecule has 0 radical (unpaired) electrons. The molecule has 0 aliphatic carbocycles. The number of nitrogens with zero attached hydrogens (tertiary/aromatic N) is 2. The number of benzene rings is 8. The smallest absolute Gasteiger partial charge is 0.174 e. The zero-order chi connectivity index (χ0) is 35.1. The zero-order valence-corrected chi connectivity index (χ0v) is 30.3. The molecule has 3 nitrogen and oxygen atoms in total. The van der Waals surface area contributed by atoms with Crippen LogP contribution in [0.1, 0.15) is 0 Å². The van der Waals surface area contributed by atoms with Gasteiger partial charge in [0.2, 0.25) is 0 Å². The van der Waals surface area contributed by atoms with Crippen LogP contribution in [0.4, 0.5) is 17.1 Å². The van der Waals surface area contributed by atoms with Crippen molar-refractivity contribution in [2.75, 3.05) is 4.90 Å². The Morgan fingerprint density at radius 2 is 1.09 bits per heavy atom. The summed E-state index contributed by atoms with van der Waals surface area (Å²) in [5.74, 6) is 0. The lowest BCUT2D eigenvalue weighted by Gasteiger charge is -2.26. The third kappa shape index (κ3) is 4.43. The van der Waals surface area contributed by atoms with Crippen LogP contribution in [0.15, 0.2) is 188 Å².